The second kappa shape index (κ2) is 10.6. The number of amides is 1. The summed E-state index contributed by atoms with van der Waals surface area (Å²) < 4.78 is 8.74. The molecule has 1 N–H and O–H groups in total. The van der Waals surface area contributed by atoms with E-state index < -0.39 is 0 Å². The van der Waals surface area contributed by atoms with Crippen molar-refractivity contribution in [2.24, 2.45) is 0 Å². The van der Waals surface area contributed by atoms with Gasteiger partial charge in [0, 0.05) is 24.4 Å². The molecule has 9 nitrogen and oxygen atoms in total. The van der Waals surface area contributed by atoms with Crippen LogP contribution in [0, 0.1) is 0 Å². The Balaban J connectivity index is 1.36. The van der Waals surface area contributed by atoms with Crippen LogP contribution in [0.1, 0.15) is 26.3 Å². The zero-order valence-electron chi connectivity index (χ0n) is 20.1. The largest absolute Gasteiger partial charge is 0.438 e. The van der Waals surface area contributed by atoms with E-state index in [0.29, 0.717) is 21.8 Å². The molecule has 3 aromatic heterocycles. The predicted octanol–water partition coefficient (Wildman–Crippen LogP) is 5.48. The Kier molecular flexibility index (Phi) is 7.12. The summed E-state index contributed by atoms with van der Waals surface area (Å²) in [5, 5.41) is 17.1. The van der Waals surface area contributed by atoms with Crippen molar-refractivity contribution >= 4 is 50.0 Å². The quantitative estimate of drug-likeness (QED) is 0.273. The topological polar surface area (TPSA) is 97.5 Å². The molecule has 0 spiro atoms. The molecule has 1 amide bonds. The normalized spacial score (nSPS) is 11.4. The smallest absolute Gasteiger partial charge is 0.237 e. The summed E-state index contributed by atoms with van der Waals surface area (Å²) in [7, 11) is 0. The minimum absolute atomic E-state index is 0.140. The summed E-state index contributed by atoms with van der Waals surface area (Å²) >= 11 is 2.88. The van der Waals surface area contributed by atoms with Crippen molar-refractivity contribution in [3.63, 3.8) is 0 Å². The second-order valence-electron chi connectivity index (χ2n) is 8.07. The molecule has 0 aliphatic heterocycles. The van der Waals surface area contributed by atoms with E-state index in [4.69, 9.17) is 4.74 Å². The maximum atomic E-state index is 11.3. The van der Waals surface area contributed by atoms with Crippen molar-refractivity contribution in [1.82, 2.24) is 29.7 Å². The average molecular weight is 520 g/mol. The number of rotatable bonds is 9. The Hall–Kier alpha value is -3.54. The van der Waals surface area contributed by atoms with Gasteiger partial charge >= 0.3 is 0 Å². The number of nitrogens with zero attached hydrogens (tertiary/aromatic N) is 6. The molecule has 0 unspecified atom stereocenters. The Morgan fingerprint density at radius 3 is 2.78 bits per heavy atom. The van der Waals surface area contributed by atoms with Gasteiger partial charge in [0.1, 0.15) is 5.75 Å². The molecule has 36 heavy (non-hydrogen) atoms. The predicted molar refractivity (Wildman–Crippen MR) is 142 cm³/mol. The van der Waals surface area contributed by atoms with Crippen molar-refractivity contribution in [3.8, 4) is 11.6 Å². The fraction of sp³-hybridized carbons (Fsp3) is 0.240. The number of benzene rings is 2. The molecule has 0 aliphatic carbocycles. The molecule has 0 bridgehead atoms. The number of hydrogen-bond donors (Lipinski definition) is 1. The lowest BCUT2D eigenvalue weighted by Crippen LogP contribution is -2.22. The van der Waals surface area contributed by atoms with Crippen molar-refractivity contribution in [3.05, 3.63) is 60.2 Å². The van der Waals surface area contributed by atoms with E-state index in [1.165, 1.54) is 35.6 Å². The summed E-state index contributed by atoms with van der Waals surface area (Å²) in [6.07, 6.45) is 0. The molecular formula is C25H25N7O2S2. The lowest BCUT2D eigenvalue weighted by Gasteiger charge is -2.18. The Bertz CT molecular complexity index is 1530. The molecular weight excluding hydrogens is 494 g/mol. The summed E-state index contributed by atoms with van der Waals surface area (Å²) in [5.74, 6) is 1.06. The first kappa shape index (κ1) is 24.2. The summed E-state index contributed by atoms with van der Waals surface area (Å²) in [4.78, 5) is 19.1. The summed E-state index contributed by atoms with van der Waals surface area (Å²) in [6, 6.07) is 17.6. The van der Waals surface area contributed by atoms with Crippen LogP contribution in [0.15, 0.2) is 64.6 Å². The van der Waals surface area contributed by atoms with Gasteiger partial charge in [-0.05, 0) is 66.8 Å². The number of anilines is 1. The first-order valence-electron chi connectivity index (χ1n) is 11.6. The highest BCUT2D eigenvalue weighted by Gasteiger charge is 2.13. The molecule has 11 heteroatoms. The maximum Gasteiger partial charge on any atom is 0.237 e. The van der Waals surface area contributed by atoms with E-state index in [1.54, 1.807) is 10.6 Å². The van der Waals surface area contributed by atoms with Crippen LogP contribution in [0.4, 0.5) is 5.13 Å². The van der Waals surface area contributed by atoms with Crippen molar-refractivity contribution in [1.29, 1.82) is 0 Å². The second-order valence-corrected chi connectivity index (χ2v) is 10.1. The van der Waals surface area contributed by atoms with Gasteiger partial charge in [-0.1, -0.05) is 37.3 Å². The minimum atomic E-state index is -0.140. The first-order chi connectivity index (χ1) is 17.5. The van der Waals surface area contributed by atoms with Gasteiger partial charge in [0.05, 0.1) is 10.2 Å². The van der Waals surface area contributed by atoms with E-state index in [9.17, 15) is 4.79 Å². The minimum Gasteiger partial charge on any atom is -0.438 e. The molecule has 184 valence electrons. The zero-order chi connectivity index (χ0) is 25.1. The van der Waals surface area contributed by atoms with Gasteiger partial charge in [-0.15, -0.1) is 15.3 Å². The highest BCUT2D eigenvalue weighted by molar-refractivity contribution is 7.99. The van der Waals surface area contributed by atoms with Crippen molar-refractivity contribution in [2.45, 2.75) is 37.4 Å². The molecule has 5 rings (SSSR count). The van der Waals surface area contributed by atoms with Crippen LogP contribution in [0.25, 0.3) is 15.9 Å². The zero-order valence-corrected chi connectivity index (χ0v) is 21.8. The molecule has 0 saturated heterocycles. The van der Waals surface area contributed by atoms with Gasteiger partial charge in [-0.3, -0.25) is 9.69 Å². The fourth-order valence-corrected chi connectivity index (χ4v) is 5.53. The van der Waals surface area contributed by atoms with E-state index in [-0.39, 0.29) is 5.91 Å². The SMILES string of the molecule is CCN(CC)Cc1cccc(Oc2ccc3nnc(Sc4ccc5nc(NC(C)=O)sc5c4)n3n2)c1. The molecule has 0 fully saturated rings. The van der Waals surface area contributed by atoms with Gasteiger partial charge in [-0.2, -0.15) is 4.52 Å². The Morgan fingerprint density at radius 1 is 1.11 bits per heavy atom. The number of carbonyl (C=O) groups excluding carboxylic acids is 1. The lowest BCUT2D eigenvalue weighted by molar-refractivity contribution is -0.114. The number of thiazole rings is 1. The van der Waals surface area contributed by atoms with Crippen LogP contribution in [0.3, 0.4) is 0 Å². The van der Waals surface area contributed by atoms with E-state index in [1.807, 2.05) is 42.5 Å². The van der Waals surface area contributed by atoms with Gasteiger partial charge in [0.25, 0.3) is 0 Å². The van der Waals surface area contributed by atoms with Crippen LogP contribution in [0.2, 0.25) is 0 Å². The number of hydrogen-bond acceptors (Lipinski definition) is 9. The molecule has 0 atom stereocenters. The number of aromatic nitrogens is 5. The van der Waals surface area contributed by atoms with Crippen LogP contribution in [-0.4, -0.2) is 48.7 Å². The van der Waals surface area contributed by atoms with Gasteiger partial charge in [0.15, 0.2) is 10.8 Å². The fourth-order valence-electron chi connectivity index (χ4n) is 3.68. The molecule has 5 aromatic rings. The third-order valence-electron chi connectivity index (χ3n) is 5.48. The first-order valence-corrected chi connectivity index (χ1v) is 13.2. The third-order valence-corrected chi connectivity index (χ3v) is 7.34. The van der Waals surface area contributed by atoms with Crippen LogP contribution >= 0.6 is 23.1 Å². The number of ether oxygens (including phenoxy) is 1. The highest BCUT2D eigenvalue weighted by atomic mass is 32.2. The monoisotopic (exact) mass is 519 g/mol. The maximum absolute atomic E-state index is 11.3. The highest BCUT2D eigenvalue weighted by Crippen LogP contribution is 2.33. The molecule has 0 aliphatic rings. The summed E-state index contributed by atoms with van der Waals surface area (Å²) in [6.45, 7) is 8.67. The van der Waals surface area contributed by atoms with Gasteiger partial charge in [0.2, 0.25) is 16.9 Å². The number of carbonyl (C=O) groups is 1. The molecule has 0 saturated carbocycles. The van der Waals surface area contributed by atoms with Crippen LogP contribution in [0.5, 0.6) is 11.6 Å². The standard InChI is InChI=1S/C25H25N7O2S2/c1-4-31(5-2)15-17-7-6-8-18(13-17)34-23-12-11-22-28-29-25(32(22)30-23)35-19-9-10-20-21(14-19)36-24(27-20)26-16(3)33/h6-14H,4-5,15H2,1-3H3,(H,26,27,33). The summed E-state index contributed by atoms with van der Waals surface area (Å²) in [5.41, 5.74) is 2.65. The van der Waals surface area contributed by atoms with E-state index >= 15 is 0 Å². The van der Waals surface area contributed by atoms with Gasteiger partial charge < -0.3 is 10.1 Å². The lowest BCUT2D eigenvalue weighted by atomic mass is 10.2. The molecule has 2 aromatic carbocycles. The Labute approximate surface area is 216 Å². The molecule has 3 heterocycles. The third kappa shape index (κ3) is 5.48. The average Bonchev–Trinajstić information content (AvgIpc) is 3.45. The number of fused-ring (bicyclic) bond motifs is 2. The van der Waals surface area contributed by atoms with Crippen LogP contribution in [-0.2, 0) is 11.3 Å². The number of nitrogens with one attached hydrogen (secondary N) is 1. The van der Waals surface area contributed by atoms with Crippen LogP contribution < -0.4 is 10.1 Å². The van der Waals surface area contributed by atoms with Crippen molar-refractivity contribution < 1.29 is 9.53 Å². The Morgan fingerprint density at radius 2 is 1.97 bits per heavy atom. The van der Waals surface area contributed by atoms with Gasteiger partial charge in [-0.25, -0.2) is 4.98 Å². The molecule has 0 radical (unpaired) electrons. The van der Waals surface area contributed by atoms with Crippen molar-refractivity contribution in [2.75, 3.05) is 18.4 Å². The van der Waals surface area contributed by atoms with E-state index in [0.717, 1.165) is 40.5 Å². The van der Waals surface area contributed by atoms with E-state index in [2.05, 4.69) is 50.4 Å².